The minimum absolute atomic E-state index is 0.0541. The number of aromatic nitrogens is 2. The predicted octanol–water partition coefficient (Wildman–Crippen LogP) is 0.555. The lowest BCUT2D eigenvalue weighted by molar-refractivity contribution is 0.201. The molecular weight excluding hydrogens is 440 g/mol. The molecule has 1 aromatic carbocycles. The van der Waals surface area contributed by atoms with E-state index in [9.17, 15) is 16.8 Å². The van der Waals surface area contributed by atoms with Crippen LogP contribution in [-0.4, -0.2) is 87.8 Å². The molecule has 2 atom stereocenters. The molecule has 2 aliphatic heterocycles. The van der Waals surface area contributed by atoms with Gasteiger partial charge in [0, 0.05) is 44.6 Å². The van der Waals surface area contributed by atoms with Gasteiger partial charge in [0.05, 0.1) is 23.9 Å². The number of piperazine rings is 1. The van der Waals surface area contributed by atoms with E-state index in [0.717, 1.165) is 5.56 Å². The third kappa shape index (κ3) is 4.39. The van der Waals surface area contributed by atoms with Crippen molar-refractivity contribution < 1.29 is 21.6 Å². The third-order valence-electron chi connectivity index (χ3n) is 5.91. The van der Waals surface area contributed by atoms with Crippen LogP contribution in [0, 0.1) is 6.92 Å². The summed E-state index contributed by atoms with van der Waals surface area (Å²) >= 11 is 0. The van der Waals surface area contributed by atoms with Gasteiger partial charge >= 0.3 is 0 Å². The summed E-state index contributed by atoms with van der Waals surface area (Å²) in [7, 11) is -5.99. The van der Waals surface area contributed by atoms with Crippen LogP contribution in [0.3, 0.4) is 0 Å². The SMILES string of the molecule is COc1ccc(C)cc1S(=O)(=O)[C@H]1CS(=O)(=O)C[C@@H]1N1CCN(c2ncccn2)CC1. The van der Waals surface area contributed by atoms with E-state index in [2.05, 4.69) is 9.97 Å². The van der Waals surface area contributed by atoms with E-state index in [1.807, 2.05) is 9.80 Å². The summed E-state index contributed by atoms with van der Waals surface area (Å²) in [4.78, 5) is 12.6. The van der Waals surface area contributed by atoms with Crippen molar-refractivity contribution in [2.24, 2.45) is 0 Å². The molecule has 2 saturated heterocycles. The quantitative estimate of drug-likeness (QED) is 0.624. The molecule has 11 heteroatoms. The Morgan fingerprint density at radius 2 is 1.74 bits per heavy atom. The van der Waals surface area contributed by atoms with Crippen molar-refractivity contribution in [2.45, 2.75) is 23.1 Å². The normalized spacial score (nSPS) is 24.3. The molecule has 2 aromatic rings. The maximum atomic E-state index is 13.6. The summed E-state index contributed by atoms with van der Waals surface area (Å²) in [6.45, 7) is 4.07. The second kappa shape index (κ2) is 8.36. The summed E-state index contributed by atoms with van der Waals surface area (Å²) in [5.41, 5.74) is 0.772. The van der Waals surface area contributed by atoms with Crippen molar-refractivity contribution >= 4 is 25.6 Å². The van der Waals surface area contributed by atoms with E-state index in [1.165, 1.54) is 7.11 Å². The minimum Gasteiger partial charge on any atom is -0.495 e. The molecular formula is C20H26N4O5S2. The van der Waals surface area contributed by atoms with E-state index < -0.39 is 31.0 Å². The van der Waals surface area contributed by atoms with Crippen LogP contribution in [0.15, 0.2) is 41.6 Å². The van der Waals surface area contributed by atoms with Gasteiger partial charge < -0.3 is 9.64 Å². The molecule has 4 rings (SSSR count). The molecule has 0 amide bonds. The lowest BCUT2D eigenvalue weighted by Gasteiger charge is -2.39. The Morgan fingerprint density at radius 3 is 2.39 bits per heavy atom. The number of methoxy groups -OCH3 is 1. The fourth-order valence-corrected chi connectivity index (χ4v) is 9.38. The molecule has 0 radical (unpaired) electrons. The molecule has 168 valence electrons. The Labute approximate surface area is 182 Å². The predicted molar refractivity (Wildman–Crippen MR) is 117 cm³/mol. The van der Waals surface area contributed by atoms with Gasteiger partial charge in [0.15, 0.2) is 19.7 Å². The maximum Gasteiger partial charge on any atom is 0.225 e. The highest BCUT2D eigenvalue weighted by Gasteiger charge is 2.49. The summed E-state index contributed by atoms with van der Waals surface area (Å²) in [5, 5.41) is -1.03. The smallest absolute Gasteiger partial charge is 0.225 e. The molecule has 3 heterocycles. The van der Waals surface area contributed by atoms with Gasteiger partial charge in [-0.25, -0.2) is 26.8 Å². The summed E-state index contributed by atoms with van der Waals surface area (Å²) in [5.74, 6) is 0.320. The molecule has 2 aliphatic rings. The first-order valence-corrected chi connectivity index (χ1v) is 13.4. The van der Waals surface area contributed by atoms with Crippen molar-refractivity contribution in [3.63, 3.8) is 0 Å². The topological polar surface area (TPSA) is 110 Å². The highest BCUT2D eigenvalue weighted by molar-refractivity contribution is 7.96. The lowest BCUT2D eigenvalue weighted by Crippen LogP contribution is -2.55. The molecule has 0 N–H and O–H groups in total. The van der Waals surface area contributed by atoms with Crippen molar-refractivity contribution in [1.29, 1.82) is 0 Å². The van der Waals surface area contributed by atoms with E-state index >= 15 is 0 Å². The second-order valence-corrected chi connectivity index (χ2v) is 12.2. The van der Waals surface area contributed by atoms with Crippen LogP contribution in [0.25, 0.3) is 0 Å². The Balaban J connectivity index is 1.60. The molecule has 0 spiro atoms. The first kappa shape index (κ1) is 22.0. The first-order valence-electron chi connectivity index (χ1n) is 10.1. The van der Waals surface area contributed by atoms with Gasteiger partial charge in [-0.05, 0) is 30.7 Å². The molecule has 31 heavy (non-hydrogen) atoms. The van der Waals surface area contributed by atoms with E-state index in [-0.39, 0.29) is 22.2 Å². The molecule has 0 unspecified atom stereocenters. The van der Waals surface area contributed by atoms with Crippen molar-refractivity contribution in [2.75, 3.05) is 49.7 Å². The number of hydrogen-bond acceptors (Lipinski definition) is 9. The monoisotopic (exact) mass is 466 g/mol. The standard InChI is InChI=1S/C20H26N4O5S2/c1-15-4-5-17(29-2)18(12-15)31(27,28)19-14-30(25,26)13-16(19)23-8-10-24(11-9-23)20-21-6-3-7-22-20/h3-7,12,16,19H,8-11,13-14H2,1-2H3/t16-,19-/m0/s1. The van der Waals surface area contributed by atoms with Gasteiger partial charge in [-0.1, -0.05) is 6.07 Å². The summed E-state index contributed by atoms with van der Waals surface area (Å²) in [6.07, 6.45) is 3.35. The second-order valence-electron chi connectivity index (χ2n) is 7.95. The van der Waals surface area contributed by atoms with Crippen LogP contribution in [0.4, 0.5) is 5.95 Å². The number of rotatable bonds is 5. The van der Waals surface area contributed by atoms with Crippen LogP contribution in [0.5, 0.6) is 5.75 Å². The zero-order valence-corrected chi connectivity index (χ0v) is 19.1. The lowest BCUT2D eigenvalue weighted by atomic mass is 10.2. The number of hydrogen-bond donors (Lipinski definition) is 0. The largest absolute Gasteiger partial charge is 0.495 e. The molecule has 1 aromatic heterocycles. The van der Waals surface area contributed by atoms with Crippen LogP contribution < -0.4 is 9.64 Å². The number of sulfone groups is 2. The Hall–Kier alpha value is -2.24. The maximum absolute atomic E-state index is 13.6. The average Bonchev–Trinajstić information content (AvgIpc) is 3.11. The number of aryl methyl sites for hydroxylation is 1. The number of ether oxygens (including phenoxy) is 1. The highest BCUT2D eigenvalue weighted by atomic mass is 32.2. The molecule has 0 aliphatic carbocycles. The Kier molecular flexibility index (Phi) is 5.93. The zero-order valence-electron chi connectivity index (χ0n) is 17.5. The fraction of sp³-hybridized carbons (Fsp3) is 0.500. The van der Waals surface area contributed by atoms with Crippen LogP contribution in [0.2, 0.25) is 0 Å². The molecule has 2 fully saturated rings. The Bertz CT molecular complexity index is 1150. The van der Waals surface area contributed by atoms with E-state index in [1.54, 1.807) is 43.6 Å². The zero-order chi connectivity index (χ0) is 22.2. The van der Waals surface area contributed by atoms with Crippen LogP contribution in [-0.2, 0) is 19.7 Å². The van der Waals surface area contributed by atoms with Crippen molar-refractivity contribution in [1.82, 2.24) is 14.9 Å². The molecule has 9 nitrogen and oxygen atoms in total. The Morgan fingerprint density at radius 1 is 1.06 bits per heavy atom. The van der Waals surface area contributed by atoms with Crippen LogP contribution >= 0.6 is 0 Å². The number of anilines is 1. The van der Waals surface area contributed by atoms with Crippen LogP contribution in [0.1, 0.15) is 5.56 Å². The van der Waals surface area contributed by atoms with Gasteiger partial charge in [-0.2, -0.15) is 0 Å². The fourth-order valence-electron chi connectivity index (χ4n) is 4.31. The number of benzene rings is 1. The summed E-state index contributed by atoms with van der Waals surface area (Å²) in [6, 6.07) is 6.09. The van der Waals surface area contributed by atoms with E-state index in [4.69, 9.17) is 4.74 Å². The van der Waals surface area contributed by atoms with Gasteiger partial charge in [0.2, 0.25) is 5.95 Å². The van der Waals surface area contributed by atoms with Gasteiger partial charge in [0.1, 0.15) is 10.6 Å². The minimum atomic E-state index is -3.92. The highest BCUT2D eigenvalue weighted by Crippen LogP contribution is 2.34. The molecule has 0 saturated carbocycles. The van der Waals surface area contributed by atoms with Crippen molar-refractivity contribution in [3.05, 3.63) is 42.2 Å². The number of nitrogens with zero attached hydrogens (tertiary/aromatic N) is 4. The van der Waals surface area contributed by atoms with E-state index in [0.29, 0.717) is 32.1 Å². The molecule has 0 bridgehead atoms. The summed E-state index contributed by atoms with van der Waals surface area (Å²) < 4.78 is 57.5. The van der Waals surface area contributed by atoms with Gasteiger partial charge in [-0.15, -0.1) is 0 Å². The third-order valence-corrected chi connectivity index (χ3v) is 10.1. The first-order chi connectivity index (χ1) is 14.7. The van der Waals surface area contributed by atoms with Gasteiger partial charge in [-0.3, -0.25) is 4.90 Å². The van der Waals surface area contributed by atoms with Crippen molar-refractivity contribution in [3.8, 4) is 5.75 Å². The van der Waals surface area contributed by atoms with Gasteiger partial charge in [0.25, 0.3) is 0 Å². The average molecular weight is 467 g/mol.